The molecule has 1 amide bonds. The fourth-order valence-electron chi connectivity index (χ4n) is 2.84. The molecule has 23 heavy (non-hydrogen) atoms. The number of carbonyl (C=O) groups excluding carboxylic acids is 1. The second kappa shape index (κ2) is 6.87. The van der Waals surface area contributed by atoms with Crippen LogP contribution in [0, 0.1) is 6.92 Å². The summed E-state index contributed by atoms with van der Waals surface area (Å²) in [6, 6.07) is 0.0536. The number of ether oxygens (including phenoxy) is 1. The van der Waals surface area contributed by atoms with Gasteiger partial charge in [-0.3, -0.25) is 19.4 Å². The lowest BCUT2D eigenvalue weighted by Gasteiger charge is -2.35. The number of amides is 1. The predicted molar refractivity (Wildman–Crippen MR) is 83.9 cm³/mol. The first-order chi connectivity index (χ1) is 11.1. The van der Waals surface area contributed by atoms with Gasteiger partial charge in [0.05, 0.1) is 42.4 Å². The monoisotopic (exact) mass is 315 g/mol. The summed E-state index contributed by atoms with van der Waals surface area (Å²) < 4.78 is 7.22. The van der Waals surface area contributed by atoms with Crippen molar-refractivity contribution in [1.82, 2.24) is 24.6 Å². The zero-order valence-corrected chi connectivity index (χ0v) is 13.5. The molecule has 0 radical (unpaired) electrons. The van der Waals surface area contributed by atoms with E-state index in [1.165, 1.54) is 0 Å². The third-order valence-corrected chi connectivity index (χ3v) is 4.14. The molecule has 0 bridgehead atoms. The molecule has 1 aliphatic heterocycles. The average molecular weight is 315 g/mol. The Bertz CT molecular complexity index is 685. The molecule has 2 aromatic rings. The lowest BCUT2D eigenvalue weighted by molar-refractivity contribution is -0.00414. The highest BCUT2D eigenvalue weighted by Crippen LogP contribution is 2.17. The van der Waals surface area contributed by atoms with Crippen molar-refractivity contribution in [3.8, 4) is 0 Å². The molecule has 3 heterocycles. The van der Waals surface area contributed by atoms with Crippen molar-refractivity contribution in [1.29, 1.82) is 0 Å². The first-order valence-corrected chi connectivity index (χ1v) is 7.79. The topological polar surface area (TPSA) is 73.1 Å². The van der Waals surface area contributed by atoms with Crippen LogP contribution in [0.1, 0.15) is 28.2 Å². The van der Waals surface area contributed by atoms with Gasteiger partial charge < -0.3 is 9.64 Å². The van der Waals surface area contributed by atoms with Crippen LogP contribution < -0.4 is 0 Å². The summed E-state index contributed by atoms with van der Waals surface area (Å²) in [5, 5.41) is 4.08. The zero-order chi connectivity index (χ0) is 16.2. The van der Waals surface area contributed by atoms with Crippen molar-refractivity contribution in [2.24, 2.45) is 7.05 Å². The SMILES string of the molecule is Cc1nccnc1CC[C@@H]1COCCN1C(=O)c1cnn(C)c1. The summed E-state index contributed by atoms with van der Waals surface area (Å²) in [7, 11) is 1.81. The Morgan fingerprint density at radius 1 is 1.39 bits per heavy atom. The molecular weight excluding hydrogens is 294 g/mol. The highest BCUT2D eigenvalue weighted by molar-refractivity contribution is 5.94. The Balaban J connectivity index is 1.69. The van der Waals surface area contributed by atoms with Gasteiger partial charge in [0.2, 0.25) is 0 Å². The molecule has 1 atom stereocenters. The van der Waals surface area contributed by atoms with Crippen LogP contribution in [-0.2, 0) is 18.2 Å². The molecule has 0 N–H and O–H groups in total. The number of aromatic nitrogens is 4. The molecule has 1 fully saturated rings. The zero-order valence-electron chi connectivity index (χ0n) is 13.5. The maximum atomic E-state index is 12.7. The van der Waals surface area contributed by atoms with Crippen molar-refractivity contribution in [3.63, 3.8) is 0 Å². The standard InChI is InChI=1S/C16H21N5O2/c1-12-15(18-6-5-17-12)4-3-14-11-23-8-7-21(14)16(22)13-9-19-20(2)10-13/h5-6,9-10,14H,3-4,7-8,11H2,1-2H3/t14-/m1/s1. The van der Waals surface area contributed by atoms with E-state index in [9.17, 15) is 4.79 Å². The van der Waals surface area contributed by atoms with Crippen molar-refractivity contribution in [2.45, 2.75) is 25.8 Å². The van der Waals surface area contributed by atoms with E-state index in [2.05, 4.69) is 15.1 Å². The van der Waals surface area contributed by atoms with Gasteiger partial charge >= 0.3 is 0 Å². The van der Waals surface area contributed by atoms with Crippen LogP contribution in [0.5, 0.6) is 0 Å². The molecule has 0 spiro atoms. The third kappa shape index (κ3) is 3.56. The molecule has 0 saturated carbocycles. The maximum Gasteiger partial charge on any atom is 0.257 e. The van der Waals surface area contributed by atoms with Crippen LogP contribution in [0.15, 0.2) is 24.8 Å². The highest BCUT2D eigenvalue weighted by atomic mass is 16.5. The Labute approximate surface area is 135 Å². The van der Waals surface area contributed by atoms with E-state index in [-0.39, 0.29) is 11.9 Å². The molecular formula is C16H21N5O2. The van der Waals surface area contributed by atoms with Crippen molar-refractivity contribution < 1.29 is 9.53 Å². The van der Waals surface area contributed by atoms with E-state index in [0.29, 0.717) is 25.3 Å². The van der Waals surface area contributed by atoms with Gasteiger partial charge in [0.15, 0.2) is 0 Å². The second-order valence-corrected chi connectivity index (χ2v) is 5.76. The van der Waals surface area contributed by atoms with E-state index in [4.69, 9.17) is 4.74 Å². The first kappa shape index (κ1) is 15.6. The van der Waals surface area contributed by atoms with Crippen molar-refractivity contribution >= 4 is 5.91 Å². The minimum Gasteiger partial charge on any atom is -0.377 e. The van der Waals surface area contributed by atoms with Gasteiger partial charge in [0, 0.05) is 32.2 Å². The largest absolute Gasteiger partial charge is 0.377 e. The number of hydrogen-bond acceptors (Lipinski definition) is 5. The molecule has 2 aromatic heterocycles. The predicted octanol–water partition coefficient (Wildman–Crippen LogP) is 0.992. The van der Waals surface area contributed by atoms with Crippen molar-refractivity contribution in [2.75, 3.05) is 19.8 Å². The van der Waals surface area contributed by atoms with Crippen LogP contribution in [0.25, 0.3) is 0 Å². The van der Waals surface area contributed by atoms with Crippen LogP contribution in [0.2, 0.25) is 0 Å². The Hall–Kier alpha value is -2.28. The summed E-state index contributed by atoms with van der Waals surface area (Å²) in [5.41, 5.74) is 2.54. The van der Waals surface area contributed by atoms with E-state index in [1.807, 2.05) is 18.9 Å². The van der Waals surface area contributed by atoms with Crippen LogP contribution in [0.4, 0.5) is 0 Å². The number of nitrogens with zero attached hydrogens (tertiary/aromatic N) is 5. The van der Waals surface area contributed by atoms with Gasteiger partial charge in [-0.1, -0.05) is 0 Å². The van der Waals surface area contributed by atoms with Gasteiger partial charge in [0.1, 0.15) is 0 Å². The fourth-order valence-corrected chi connectivity index (χ4v) is 2.84. The van der Waals surface area contributed by atoms with Crippen LogP contribution in [0.3, 0.4) is 0 Å². The van der Waals surface area contributed by atoms with Crippen molar-refractivity contribution in [3.05, 3.63) is 41.7 Å². The fraction of sp³-hybridized carbons (Fsp3) is 0.500. The van der Waals surface area contributed by atoms with E-state index < -0.39 is 0 Å². The van der Waals surface area contributed by atoms with Crippen LogP contribution >= 0.6 is 0 Å². The van der Waals surface area contributed by atoms with E-state index in [0.717, 1.165) is 24.2 Å². The number of carbonyl (C=O) groups is 1. The Kier molecular flexibility index (Phi) is 4.66. The first-order valence-electron chi connectivity index (χ1n) is 7.79. The summed E-state index contributed by atoms with van der Waals surface area (Å²) >= 11 is 0. The summed E-state index contributed by atoms with van der Waals surface area (Å²) in [6.07, 6.45) is 8.36. The Morgan fingerprint density at radius 3 is 2.96 bits per heavy atom. The molecule has 0 aliphatic carbocycles. The third-order valence-electron chi connectivity index (χ3n) is 4.14. The smallest absolute Gasteiger partial charge is 0.257 e. The van der Waals surface area contributed by atoms with Gasteiger partial charge in [-0.2, -0.15) is 5.10 Å². The number of morpholine rings is 1. The minimum absolute atomic E-state index is 0.0160. The summed E-state index contributed by atoms with van der Waals surface area (Å²) in [6.45, 7) is 3.70. The van der Waals surface area contributed by atoms with E-state index >= 15 is 0 Å². The normalized spacial score (nSPS) is 18.2. The highest BCUT2D eigenvalue weighted by Gasteiger charge is 2.28. The number of hydrogen-bond donors (Lipinski definition) is 0. The summed E-state index contributed by atoms with van der Waals surface area (Å²) in [5.74, 6) is 0.0160. The molecule has 3 rings (SSSR count). The quantitative estimate of drug-likeness (QED) is 0.841. The lowest BCUT2D eigenvalue weighted by atomic mass is 10.1. The number of aryl methyl sites for hydroxylation is 3. The maximum absolute atomic E-state index is 12.7. The minimum atomic E-state index is 0.0160. The van der Waals surface area contributed by atoms with E-state index in [1.54, 1.807) is 29.5 Å². The Morgan fingerprint density at radius 2 is 2.22 bits per heavy atom. The van der Waals surface area contributed by atoms with Gasteiger partial charge in [-0.05, 0) is 19.8 Å². The van der Waals surface area contributed by atoms with Gasteiger partial charge in [-0.25, -0.2) is 0 Å². The second-order valence-electron chi connectivity index (χ2n) is 5.76. The molecule has 122 valence electrons. The molecule has 0 unspecified atom stereocenters. The summed E-state index contributed by atoms with van der Waals surface area (Å²) in [4.78, 5) is 23.2. The van der Waals surface area contributed by atoms with Gasteiger partial charge in [0.25, 0.3) is 5.91 Å². The van der Waals surface area contributed by atoms with Crippen LogP contribution in [-0.4, -0.2) is 56.4 Å². The van der Waals surface area contributed by atoms with Gasteiger partial charge in [-0.15, -0.1) is 0 Å². The number of rotatable bonds is 4. The lowest BCUT2D eigenvalue weighted by Crippen LogP contribution is -2.48. The molecule has 1 aliphatic rings. The molecule has 0 aromatic carbocycles. The average Bonchev–Trinajstić information content (AvgIpc) is 3.00. The molecule has 7 heteroatoms. The molecule has 7 nitrogen and oxygen atoms in total. The molecule has 1 saturated heterocycles.